The number of carbonyl (C=O) groups is 2. The smallest absolute Gasteiger partial charge is 0.410 e. The number of piperidine rings is 1. The van der Waals surface area contributed by atoms with Gasteiger partial charge in [-0.1, -0.05) is 12.1 Å². The molecule has 4 rings (SSSR count). The van der Waals surface area contributed by atoms with Crippen LogP contribution in [-0.4, -0.2) is 47.0 Å². The molecule has 29 heavy (non-hydrogen) atoms. The Kier molecular flexibility index (Phi) is 4.79. The Balaban J connectivity index is 1.38. The Labute approximate surface area is 169 Å². The highest BCUT2D eigenvalue weighted by atomic mass is 16.6. The predicted octanol–water partition coefficient (Wildman–Crippen LogP) is 3.40. The Bertz CT molecular complexity index is 978. The number of benzene rings is 1. The van der Waals surface area contributed by atoms with Gasteiger partial charge >= 0.3 is 6.09 Å². The number of hydrogen-bond donors (Lipinski definition) is 0. The maximum atomic E-state index is 12.8. The van der Waals surface area contributed by atoms with E-state index < -0.39 is 5.60 Å². The zero-order valence-corrected chi connectivity index (χ0v) is 16.6. The normalized spacial score (nSPS) is 18.0. The van der Waals surface area contributed by atoms with Crippen molar-refractivity contribution in [3.8, 4) is 6.07 Å². The molecule has 0 N–H and O–H groups in total. The fourth-order valence-electron chi connectivity index (χ4n) is 4.11. The van der Waals surface area contributed by atoms with E-state index in [1.165, 1.54) is 0 Å². The van der Waals surface area contributed by atoms with Crippen LogP contribution in [0.15, 0.2) is 34.7 Å². The molecule has 7 nitrogen and oxygen atoms in total. The van der Waals surface area contributed by atoms with Crippen LogP contribution < -0.4 is 0 Å². The van der Waals surface area contributed by atoms with Crippen molar-refractivity contribution in [1.29, 1.82) is 5.26 Å². The molecule has 2 fully saturated rings. The van der Waals surface area contributed by atoms with Crippen LogP contribution in [0.3, 0.4) is 0 Å². The molecule has 0 unspecified atom stereocenters. The molecule has 0 aliphatic carbocycles. The van der Waals surface area contributed by atoms with E-state index in [1.807, 2.05) is 19.1 Å². The summed E-state index contributed by atoms with van der Waals surface area (Å²) in [6.07, 6.45) is 0.907. The van der Waals surface area contributed by atoms with Gasteiger partial charge in [0.15, 0.2) is 0 Å². The second kappa shape index (κ2) is 7.28. The van der Waals surface area contributed by atoms with Crippen LogP contribution in [0.2, 0.25) is 0 Å². The maximum Gasteiger partial charge on any atom is 0.410 e. The minimum absolute atomic E-state index is 0.0343. The summed E-state index contributed by atoms with van der Waals surface area (Å²) < 4.78 is 11.2. The number of likely N-dealkylation sites (tertiary alicyclic amines) is 1. The highest BCUT2D eigenvalue weighted by Gasteiger charge is 2.47. The van der Waals surface area contributed by atoms with Crippen molar-refractivity contribution in [2.24, 2.45) is 0 Å². The number of carbonyl (C=O) groups excluding carboxylic acids is 2. The Morgan fingerprint density at radius 1 is 1.21 bits per heavy atom. The number of rotatable bonds is 3. The lowest BCUT2D eigenvalue weighted by Gasteiger charge is -2.37. The molecule has 0 atom stereocenters. The number of amides is 2. The first kappa shape index (κ1) is 19.1. The molecule has 2 aromatic rings. The van der Waals surface area contributed by atoms with Gasteiger partial charge in [0, 0.05) is 32.5 Å². The second-order valence-corrected chi connectivity index (χ2v) is 7.83. The molecule has 0 radical (unpaired) electrons. The zero-order chi connectivity index (χ0) is 20.6. The second-order valence-electron chi connectivity index (χ2n) is 7.83. The molecule has 0 saturated carbocycles. The molecule has 2 amide bonds. The number of ether oxygens (including phenoxy) is 1. The fourth-order valence-corrected chi connectivity index (χ4v) is 4.11. The monoisotopic (exact) mass is 393 g/mol. The van der Waals surface area contributed by atoms with Crippen LogP contribution in [0.5, 0.6) is 0 Å². The summed E-state index contributed by atoms with van der Waals surface area (Å²) in [7, 11) is 0. The lowest BCUT2D eigenvalue weighted by molar-refractivity contribution is 0.00309. The quantitative estimate of drug-likeness (QED) is 0.798. The first-order valence-corrected chi connectivity index (χ1v) is 9.72. The van der Waals surface area contributed by atoms with E-state index in [0.29, 0.717) is 55.9 Å². The summed E-state index contributed by atoms with van der Waals surface area (Å²) in [6.45, 7) is 5.67. The van der Waals surface area contributed by atoms with E-state index in [2.05, 4.69) is 6.07 Å². The van der Waals surface area contributed by atoms with Gasteiger partial charge in [0.2, 0.25) is 0 Å². The average Bonchev–Trinajstić information content (AvgIpc) is 3.20. The van der Waals surface area contributed by atoms with Gasteiger partial charge in [-0.25, -0.2) is 4.79 Å². The number of hydrogen-bond acceptors (Lipinski definition) is 5. The van der Waals surface area contributed by atoms with E-state index in [1.54, 1.807) is 34.9 Å². The van der Waals surface area contributed by atoms with Crippen LogP contribution in [0.4, 0.5) is 4.79 Å². The van der Waals surface area contributed by atoms with Gasteiger partial charge in [-0.15, -0.1) is 0 Å². The van der Waals surface area contributed by atoms with Gasteiger partial charge in [0.05, 0.1) is 23.7 Å². The highest BCUT2D eigenvalue weighted by Crippen LogP contribution is 2.34. The predicted molar refractivity (Wildman–Crippen MR) is 104 cm³/mol. The van der Waals surface area contributed by atoms with E-state index in [4.69, 9.17) is 14.4 Å². The molecule has 1 aromatic carbocycles. The summed E-state index contributed by atoms with van der Waals surface area (Å²) in [5.41, 5.74) is 1.61. The summed E-state index contributed by atoms with van der Waals surface area (Å²) in [5.74, 6) is 1.32. The van der Waals surface area contributed by atoms with Gasteiger partial charge < -0.3 is 14.1 Å². The van der Waals surface area contributed by atoms with E-state index in [0.717, 1.165) is 11.3 Å². The molecular weight excluding hydrogens is 370 g/mol. The summed E-state index contributed by atoms with van der Waals surface area (Å²) in [5, 5.41) is 8.90. The van der Waals surface area contributed by atoms with E-state index in [-0.39, 0.29) is 12.0 Å². The van der Waals surface area contributed by atoms with Gasteiger partial charge in [-0.2, -0.15) is 5.26 Å². The third-order valence-electron chi connectivity index (χ3n) is 5.73. The van der Waals surface area contributed by atoms with Crippen molar-refractivity contribution in [2.45, 2.75) is 38.8 Å². The maximum absolute atomic E-state index is 12.8. The third-order valence-corrected chi connectivity index (χ3v) is 5.73. The minimum Gasteiger partial charge on any atom is -0.466 e. The minimum atomic E-state index is -0.540. The Morgan fingerprint density at radius 3 is 2.48 bits per heavy atom. The molecule has 2 aliphatic rings. The molecule has 3 heterocycles. The molecule has 2 aliphatic heterocycles. The molecule has 2 saturated heterocycles. The summed E-state index contributed by atoms with van der Waals surface area (Å²) >= 11 is 0. The Hall–Kier alpha value is -3.27. The first-order valence-electron chi connectivity index (χ1n) is 9.72. The third kappa shape index (κ3) is 3.70. The number of aryl methyl sites for hydroxylation is 2. The van der Waals surface area contributed by atoms with Crippen molar-refractivity contribution in [2.75, 3.05) is 19.6 Å². The van der Waals surface area contributed by atoms with Crippen LogP contribution in [-0.2, 0) is 11.3 Å². The van der Waals surface area contributed by atoms with Crippen LogP contribution in [0.1, 0.15) is 45.8 Å². The average molecular weight is 393 g/mol. The fraction of sp³-hybridized carbons (Fsp3) is 0.409. The molecule has 1 spiro atoms. The zero-order valence-electron chi connectivity index (χ0n) is 16.6. The van der Waals surface area contributed by atoms with Gasteiger partial charge in [0.1, 0.15) is 17.1 Å². The van der Waals surface area contributed by atoms with Gasteiger partial charge in [-0.3, -0.25) is 9.69 Å². The van der Waals surface area contributed by atoms with Crippen LogP contribution >= 0.6 is 0 Å². The SMILES string of the molecule is Cc1cc(C(=O)N2CCC3(CC2)CN(Cc2ccc(C#N)cc2)C(=O)O3)c(C)o1. The lowest BCUT2D eigenvalue weighted by atomic mass is 9.91. The van der Waals surface area contributed by atoms with E-state index >= 15 is 0 Å². The van der Waals surface area contributed by atoms with Gasteiger partial charge in [-0.05, 0) is 37.6 Å². The van der Waals surface area contributed by atoms with Crippen molar-refractivity contribution < 1.29 is 18.7 Å². The standard InChI is InChI=1S/C22H23N3O4/c1-15-11-19(16(2)28-15)20(26)24-9-7-22(8-10-24)14-25(21(27)29-22)13-18-5-3-17(12-23)4-6-18/h3-6,11H,7-10,13-14H2,1-2H3. The first-order chi connectivity index (χ1) is 13.9. The van der Waals surface area contributed by atoms with Crippen LogP contribution in [0, 0.1) is 25.2 Å². The van der Waals surface area contributed by atoms with E-state index in [9.17, 15) is 9.59 Å². The van der Waals surface area contributed by atoms with Gasteiger partial charge in [0.25, 0.3) is 5.91 Å². The molecule has 7 heteroatoms. The topological polar surface area (TPSA) is 86.8 Å². The van der Waals surface area contributed by atoms with Crippen molar-refractivity contribution >= 4 is 12.0 Å². The summed E-state index contributed by atoms with van der Waals surface area (Å²) in [4.78, 5) is 28.7. The largest absolute Gasteiger partial charge is 0.466 e. The van der Waals surface area contributed by atoms with Crippen molar-refractivity contribution in [1.82, 2.24) is 9.80 Å². The lowest BCUT2D eigenvalue weighted by Crippen LogP contribution is -2.48. The van der Waals surface area contributed by atoms with Crippen molar-refractivity contribution in [3.63, 3.8) is 0 Å². The number of furan rings is 1. The molecular formula is C22H23N3O4. The van der Waals surface area contributed by atoms with Crippen LogP contribution in [0.25, 0.3) is 0 Å². The summed E-state index contributed by atoms with van der Waals surface area (Å²) in [6, 6.07) is 11.1. The molecule has 0 bridgehead atoms. The number of nitriles is 1. The molecule has 150 valence electrons. The highest BCUT2D eigenvalue weighted by molar-refractivity contribution is 5.95. The molecule has 1 aromatic heterocycles. The Morgan fingerprint density at radius 2 is 1.90 bits per heavy atom. The number of nitrogens with zero attached hydrogens (tertiary/aromatic N) is 3. The van der Waals surface area contributed by atoms with Crippen molar-refractivity contribution in [3.05, 3.63) is 58.5 Å².